The molecule has 0 radical (unpaired) electrons. The Hall–Kier alpha value is 0.120. The smallest absolute Gasteiger partial charge is 0.208 e. The van der Waals surface area contributed by atoms with Crippen molar-refractivity contribution in [2.24, 2.45) is 0 Å². The number of hydrogen-bond donors (Lipinski definition) is 2. The SMILES string of the molecule is CS(=O)(=O)NC[C@@H]1COCCN1.Cl. The van der Waals surface area contributed by atoms with Crippen molar-refractivity contribution in [2.45, 2.75) is 6.04 Å². The van der Waals surface area contributed by atoms with E-state index in [1.165, 1.54) is 0 Å². The minimum Gasteiger partial charge on any atom is -0.378 e. The van der Waals surface area contributed by atoms with Gasteiger partial charge in [-0.25, -0.2) is 13.1 Å². The molecule has 1 aliphatic heterocycles. The van der Waals surface area contributed by atoms with Gasteiger partial charge in [-0.1, -0.05) is 0 Å². The summed E-state index contributed by atoms with van der Waals surface area (Å²) in [6.07, 6.45) is 1.15. The molecule has 1 aliphatic rings. The van der Waals surface area contributed by atoms with E-state index in [0.717, 1.165) is 12.8 Å². The molecule has 0 aliphatic carbocycles. The van der Waals surface area contributed by atoms with Gasteiger partial charge in [0, 0.05) is 19.1 Å². The number of hydrogen-bond acceptors (Lipinski definition) is 4. The Balaban J connectivity index is 0.00000144. The molecule has 1 rings (SSSR count). The van der Waals surface area contributed by atoms with Crippen LogP contribution < -0.4 is 10.0 Å². The van der Waals surface area contributed by atoms with Crippen LogP contribution in [0.4, 0.5) is 0 Å². The first kappa shape index (κ1) is 13.1. The van der Waals surface area contributed by atoms with Gasteiger partial charge in [-0.3, -0.25) is 0 Å². The van der Waals surface area contributed by atoms with Gasteiger partial charge in [-0.2, -0.15) is 0 Å². The third kappa shape index (κ3) is 6.23. The molecule has 0 spiro atoms. The van der Waals surface area contributed by atoms with E-state index in [1.807, 2.05) is 0 Å². The molecule has 1 atom stereocenters. The fourth-order valence-electron chi connectivity index (χ4n) is 1.00. The molecule has 7 heteroatoms. The maximum atomic E-state index is 10.7. The van der Waals surface area contributed by atoms with Gasteiger partial charge < -0.3 is 10.1 Å². The lowest BCUT2D eigenvalue weighted by Gasteiger charge is -2.23. The maximum Gasteiger partial charge on any atom is 0.208 e. The van der Waals surface area contributed by atoms with Gasteiger partial charge in [0.05, 0.1) is 19.5 Å². The second-order valence-corrected chi connectivity index (χ2v) is 4.68. The molecule has 1 fully saturated rings. The molecule has 13 heavy (non-hydrogen) atoms. The monoisotopic (exact) mass is 230 g/mol. The van der Waals surface area contributed by atoms with Crippen molar-refractivity contribution in [3.05, 3.63) is 0 Å². The van der Waals surface area contributed by atoms with E-state index < -0.39 is 10.0 Å². The van der Waals surface area contributed by atoms with Gasteiger partial charge in [0.2, 0.25) is 10.0 Å². The highest BCUT2D eigenvalue weighted by Gasteiger charge is 2.13. The topological polar surface area (TPSA) is 67.4 Å². The predicted molar refractivity (Wildman–Crippen MR) is 52.7 cm³/mol. The molecule has 0 unspecified atom stereocenters. The van der Waals surface area contributed by atoms with E-state index in [1.54, 1.807) is 0 Å². The van der Waals surface area contributed by atoms with E-state index >= 15 is 0 Å². The molecule has 1 saturated heterocycles. The predicted octanol–water partition coefficient (Wildman–Crippen LogP) is -1.05. The summed E-state index contributed by atoms with van der Waals surface area (Å²) in [7, 11) is -3.07. The summed E-state index contributed by atoms with van der Waals surface area (Å²) >= 11 is 0. The van der Waals surface area contributed by atoms with Crippen molar-refractivity contribution >= 4 is 22.4 Å². The summed E-state index contributed by atoms with van der Waals surface area (Å²) in [5.74, 6) is 0. The summed E-state index contributed by atoms with van der Waals surface area (Å²) in [5.41, 5.74) is 0. The summed E-state index contributed by atoms with van der Waals surface area (Å²) in [6, 6.07) is 0.105. The second kappa shape index (κ2) is 5.77. The molecule has 0 aromatic rings. The molecular formula is C6H15ClN2O3S. The lowest BCUT2D eigenvalue weighted by Crippen LogP contribution is -2.48. The highest BCUT2D eigenvalue weighted by Crippen LogP contribution is 1.91. The van der Waals surface area contributed by atoms with Crippen molar-refractivity contribution in [3.63, 3.8) is 0 Å². The molecule has 1 heterocycles. The third-order valence-electron chi connectivity index (χ3n) is 1.59. The van der Waals surface area contributed by atoms with Gasteiger partial charge in [0.15, 0.2) is 0 Å². The Labute approximate surface area is 84.7 Å². The fraction of sp³-hybridized carbons (Fsp3) is 1.00. The molecule has 0 aromatic carbocycles. The quantitative estimate of drug-likeness (QED) is 0.649. The van der Waals surface area contributed by atoms with Crippen molar-refractivity contribution in [1.29, 1.82) is 0 Å². The Kier molecular flexibility index (Phi) is 5.82. The van der Waals surface area contributed by atoms with Gasteiger partial charge in [-0.15, -0.1) is 12.4 Å². The van der Waals surface area contributed by atoms with Gasteiger partial charge in [0.25, 0.3) is 0 Å². The van der Waals surface area contributed by atoms with Crippen molar-refractivity contribution < 1.29 is 13.2 Å². The van der Waals surface area contributed by atoms with E-state index in [4.69, 9.17) is 4.74 Å². The van der Waals surface area contributed by atoms with E-state index in [-0.39, 0.29) is 18.4 Å². The largest absolute Gasteiger partial charge is 0.378 e. The number of morpholine rings is 1. The van der Waals surface area contributed by atoms with Crippen LogP contribution in [0, 0.1) is 0 Å². The normalized spacial score (nSPS) is 23.6. The Bertz CT molecular complexity index is 226. The van der Waals surface area contributed by atoms with E-state index in [2.05, 4.69) is 10.0 Å². The summed E-state index contributed by atoms with van der Waals surface area (Å²) in [5, 5.41) is 3.14. The Morgan fingerprint density at radius 3 is 2.77 bits per heavy atom. The Morgan fingerprint density at radius 2 is 2.31 bits per heavy atom. The minimum atomic E-state index is -3.07. The molecule has 80 valence electrons. The molecular weight excluding hydrogens is 216 g/mol. The first-order valence-electron chi connectivity index (χ1n) is 3.84. The fourth-order valence-corrected chi connectivity index (χ4v) is 1.51. The number of rotatable bonds is 3. The Morgan fingerprint density at radius 1 is 1.62 bits per heavy atom. The number of halogens is 1. The zero-order valence-electron chi connectivity index (χ0n) is 7.45. The zero-order chi connectivity index (χ0) is 9.03. The van der Waals surface area contributed by atoms with Crippen LogP contribution in [0.1, 0.15) is 0 Å². The molecule has 0 bridgehead atoms. The summed E-state index contributed by atoms with van der Waals surface area (Å²) in [4.78, 5) is 0. The average Bonchev–Trinajstić information content (AvgIpc) is 2.02. The van der Waals surface area contributed by atoms with Gasteiger partial charge >= 0.3 is 0 Å². The lowest BCUT2D eigenvalue weighted by molar-refractivity contribution is 0.0784. The standard InChI is InChI=1S/C6H14N2O3S.ClH/c1-12(9,10)8-4-6-5-11-3-2-7-6;/h6-8H,2-5H2,1H3;1H/t6-;/m1./s1. The lowest BCUT2D eigenvalue weighted by atomic mass is 10.3. The molecule has 5 nitrogen and oxygen atoms in total. The first-order chi connectivity index (χ1) is 5.58. The van der Waals surface area contributed by atoms with Crippen LogP contribution in [0.15, 0.2) is 0 Å². The maximum absolute atomic E-state index is 10.7. The van der Waals surface area contributed by atoms with Crippen LogP contribution in [-0.2, 0) is 14.8 Å². The van der Waals surface area contributed by atoms with Crippen molar-refractivity contribution in [3.8, 4) is 0 Å². The zero-order valence-corrected chi connectivity index (χ0v) is 9.08. The number of ether oxygens (including phenoxy) is 1. The van der Waals surface area contributed by atoms with E-state index in [0.29, 0.717) is 19.8 Å². The average molecular weight is 231 g/mol. The minimum absolute atomic E-state index is 0. The highest BCUT2D eigenvalue weighted by atomic mass is 35.5. The summed E-state index contributed by atoms with van der Waals surface area (Å²) in [6.45, 7) is 2.47. The molecule has 0 aromatic heterocycles. The van der Waals surface area contributed by atoms with Crippen molar-refractivity contribution in [2.75, 3.05) is 32.6 Å². The highest BCUT2D eigenvalue weighted by molar-refractivity contribution is 7.88. The molecule has 2 N–H and O–H groups in total. The molecule has 0 amide bonds. The number of nitrogens with one attached hydrogen (secondary N) is 2. The van der Waals surface area contributed by atoms with Crippen LogP contribution in [0.5, 0.6) is 0 Å². The van der Waals surface area contributed by atoms with E-state index in [9.17, 15) is 8.42 Å². The summed E-state index contributed by atoms with van der Waals surface area (Å²) < 4.78 is 29.0. The number of sulfonamides is 1. The third-order valence-corrected chi connectivity index (χ3v) is 2.28. The van der Waals surface area contributed by atoms with Crippen LogP contribution in [0.2, 0.25) is 0 Å². The van der Waals surface area contributed by atoms with Gasteiger partial charge in [-0.05, 0) is 0 Å². The molecule has 0 saturated carbocycles. The van der Waals surface area contributed by atoms with Crippen LogP contribution >= 0.6 is 12.4 Å². The van der Waals surface area contributed by atoms with Crippen LogP contribution in [0.3, 0.4) is 0 Å². The second-order valence-electron chi connectivity index (χ2n) is 2.85. The van der Waals surface area contributed by atoms with Crippen LogP contribution in [0.25, 0.3) is 0 Å². The van der Waals surface area contributed by atoms with Gasteiger partial charge in [0.1, 0.15) is 0 Å². The first-order valence-corrected chi connectivity index (χ1v) is 5.73. The van der Waals surface area contributed by atoms with Crippen LogP contribution in [-0.4, -0.2) is 47.0 Å². The van der Waals surface area contributed by atoms with Crippen molar-refractivity contribution in [1.82, 2.24) is 10.0 Å².